The number of aromatic nitrogens is 2. The number of nitrogens with zero attached hydrogens (tertiary/aromatic N) is 3. The largest absolute Gasteiger partial charge is 0.342 e. The van der Waals surface area contributed by atoms with Gasteiger partial charge in [0.15, 0.2) is 11.6 Å². The summed E-state index contributed by atoms with van der Waals surface area (Å²) in [4.78, 5) is 101. The van der Waals surface area contributed by atoms with E-state index < -0.39 is 104 Å². The van der Waals surface area contributed by atoms with Gasteiger partial charge in [-0.15, -0.1) is 0 Å². The Hall–Kier alpha value is -5.24. The lowest BCUT2D eigenvalue weighted by atomic mass is 9.84. The van der Waals surface area contributed by atoms with Gasteiger partial charge < -0.3 is 21.7 Å². The van der Waals surface area contributed by atoms with Crippen molar-refractivity contribution in [2.75, 3.05) is 6.54 Å². The Morgan fingerprint density at radius 1 is 0.881 bits per heavy atom. The number of carbonyl (C=O) groups is 7. The van der Waals surface area contributed by atoms with Crippen molar-refractivity contribution in [3.8, 4) is 0 Å². The summed E-state index contributed by atoms with van der Waals surface area (Å²) in [5.41, 5.74) is 5.57. The Morgan fingerprint density at radius 3 is 2.14 bits per heavy atom. The molecule has 324 valence electrons. The van der Waals surface area contributed by atoms with E-state index in [0.717, 1.165) is 19.3 Å². The normalized spacial score (nSPS) is 15.8. The van der Waals surface area contributed by atoms with Crippen LogP contribution in [-0.2, 0) is 38.8 Å². The highest BCUT2D eigenvalue weighted by Gasteiger charge is 2.40. The first-order valence-electron chi connectivity index (χ1n) is 19.6. The van der Waals surface area contributed by atoms with Gasteiger partial charge in [0.05, 0.1) is 17.1 Å². The molecule has 6 N–H and O–H groups in total. The number of rotatable bonds is 20. The Labute approximate surface area is 342 Å². The lowest BCUT2D eigenvalue weighted by molar-refractivity contribution is -0.142. The highest BCUT2D eigenvalue weighted by atomic mass is 32.2. The molecule has 2 aromatic rings. The molecule has 20 heteroatoms. The summed E-state index contributed by atoms with van der Waals surface area (Å²) in [5, 5.41) is 9.63. The van der Waals surface area contributed by atoms with Gasteiger partial charge in [0.25, 0.3) is 27.7 Å². The zero-order valence-electron chi connectivity index (χ0n) is 33.8. The molecular weight excluding hydrogens is 795 g/mol. The van der Waals surface area contributed by atoms with E-state index in [-0.39, 0.29) is 41.1 Å². The molecule has 17 nitrogen and oxygen atoms in total. The first kappa shape index (κ1) is 48.1. The van der Waals surface area contributed by atoms with E-state index in [4.69, 9.17) is 5.73 Å². The minimum absolute atomic E-state index is 0.0256. The number of carbonyl (C=O) groups excluding carboxylic acids is 7. The van der Waals surface area contributed by atoms with Crippen molar-refractivity contribution in [1.29, 1.82) is 0 Å². The molecule has 3 rings (SSSR count). The number of sulfonamides is 1. The minimum atomic E-state index is -5.23. The number of ketones is 1. The van der Waals surface area contributed by atoms with Crippen LogP contribution in [0.3, 0.4) is 0 Å². The lowest BCUT2D eigenvalue weighted by Crippen LogP contribution is -2.60. The smallest absolute Gasteiger partial charge is 0.295 e. The van der Waals surface area contributed by atoms with Crippen LogP contribution in [0.15, 0.2) is 41.7 Å². The fraction of sp³-hybridized carbons (Fsp3) is 0.564. The van der Waals surface area contributed by atoms with Gasteiger partial charge in [-0.05, 0) is 55.2 Å². The number of Topliss-reactive ketones (excluding diaryl/α,β-unsaturated/α-hetero) is 1. The Balaban J connectivity index is 2.03. The van der Waals surface area contributed by atoms with E-state index >= 15 is 0 Å². The predicted octanol–water partition coefficient (Wildman–Crippen LogP) is 2.05. The van der Waals surface area contributed by atoms with Crippen molar-refractivity contribution in [3.63, 3.8) is 0 Å². The van der Waals surface area contributed by atoms with Gasteiger partial charge in [-0.1, -0.05) is 73.1 Å². The van der Waals surface area contributed by atoms with Crippen molar-refractivity contribution in [2.24, 2.45) is 23.5 Å². The van der Waals surface area contributed by atoms with Gasteiger partial charge in [0.2, 0.25) is 23.5 Å². The number of hydrogen-bond donors (Lipinski definition) is 5. The van der Waals surface area contributed by atoms with Crippen molar-refractivity contribution < 1.29 is 50.8 Å². The zero-order chi connectivity index (χ0) is 44.0. The minimum Gasteiger partial charge on any atom is -0.342 e. The summed E-state index contributed by atoms with van der Waals surface area (Å²) in [7, 11) is -5.23. The average molecular weight is 849 g/mol. The molecule has 1 aromatic carbocycles. The molecule has 6 amide bonds. The van der Waals surface area contributed by atoms with Crippen LogP contribution < -0.4 is 27.0 Å². The second kappa shape index (κ2) is 22.2. The fourth-order valence-corrected chi connectivity index (χ4v) is 7.88. The molecule has 0 radical (unpaired) electrons. The third-order valence-electron chi connectivity index (χ3n) is 10.1. The van der Waals surface area contributed by atoms with Crippen LogP contribution in [0.25, 0.3) is 0 Å². The Morgan fingerprint density at radius 2 is 1.56 bits per heavy atom. The van der Waals surface area contributed by atoms with Crippen molar-refractivity contribution >= 4 is 51.2 Å². The molecular formula is C39H54F2N8O9S. The standard InChI is InChI=1S/C39H54F2N8O9S/c1-6-23(5)33(48-35(52)29(17-22(3)4)45-36(53)31-20-43-15-16-44-31)37(54)46-30(18-24-11-9-8-10-12-24)39(56)49(21-32(50)47-38(55)34(51)28(42)7-2)59(57,58)25-13-14-26(40)27(41)19-25/h13-16,19-20,22-24,28-30,33H,6-12,17-18,21,42H2,1-5H3,(H,45,53)(H,46,54)(H,48,52)(H,47,50,55)/t23-,28?,29-,30-,33-/m0/s1. The maximum atomic E-state index is 14.6. The molecule has 1 aromatic heterocycles. The van der Waals surface area contributed by atoms with Crippen LogP contribution in [0.2, 0.25) is 0 Å². The van der Waals surface area contributed by atoms with Gasteiger partial charge in [-0.3, -0.25) is 43.9 Å². The summed E-state index contributed by atoms with van der Waals surface area (Å²) in [6.45, 7) is 7.15. The maximum absolute atomic E-state index is 14.6. The van der Waals surface area contributed by atoms with E-state index in [0.29, 0.717) is 37.5 Å². The highest BCUT2D eigenvalue weighted by Crippen LogP contribution is 2.29. The van der Waals surface area contributed by atoms with E-state index in [1.54, 1.807) is 19.2 Å². The number of hydrogen-bond acceptors (Lipinski definition) is 12. The third kappa shape index (κ3) is 13.7. The molecule has 0 saturated heterocycles. The highest BCUT2D eigenvalue weighted by molar-refractivity contribution is 7.89. The summed E-state index contributed by atoms with van der Waals surface area (Å²) >= 11 is 0. The van der Waals surface area contributed by atoms with E-state index in [1.165, 1.54) is 25.5 Å². The third-order valence-corrected chi connectivity index (χ3v) is 11.8. The quantitative estimate of drug-likeness (QED) is 0.120. The number of halogens is 2. The molecule has 0 spiro atoms. The lowest BCUT2D eigenvalue weighted by Gasteiger charge is -2.32. The van der Waals surface area contributed by atoms with Crippen molar-refractivity contribution in [3.05, 3.63) is 54.1 Å². The molecule has 0 aliphatic heterocycles. The summed E-state index contributed by atoms with van der Waals surface area (Å²) < 4.78 is 56.5. The van der Waals surface area contributed by atoms with Gasteiger partial charge in [-0.25, -0.2) is 26.5 Å². The van der Waals surface area contributed by atoms with Gasteiger partial charge in [-0.2, -0.15) is 0 Å². The number of imide groups is 1. The van der Waals surface area contributed by atoms with Crippen molar-refractivity contribution in [1.82, 2.24) is 35.5 Å². The fourth-order valence-electron chi connectivity index (χ4n) is 6.48. The topological polar surface area (TPSA) is 257 Å². The van der Waals surface area contributed by atoms with Crippen LogP contribution in [0, 0.1) is 29.4 Å². The molecule has 1 fully saturated rings. The molecule has 1 saturated carbocycles. The maximum Gasteiger partial charge on any atom is 0.295 e. The zero-order valence-corrected chi connectivity index (χ0v) is 34.7. The Bertz CT molecular complexity index is 1950. The first-order chi connectivity index (χ1) is 27.8. The molecule has 59 heavy (non-hydrogen) atoms. The molecule has 1 heterocycles. The molecule has 1 unspecified atom stereocenters. The number of nitrogens with one attached hydrogen (secondary N) is 4. The Kier molecular flexibility index (Phi) is 18.1. The average Bonchev–Trinajstić information content (AvgIpc) is 3.21. The first-order valence-corrected chi connectivity index (χ1v) is 21.1. The van der Waals surface area contributed by atoms with E-state index in [9.17, 15) is 50.8 Å². The summed E-state index contributed by atoms with van der Waals surface area (Å²) in [6.07, 6.45) is 7.98. The second-order valence-electron chi connectivity index (χ2n) is 15.1. The van der Waals surface area contributed by atoms with Gasteiger partial charge >= 0.3 is 0 Å². The van der Waals surface area contributed by atoms with E-state index in [2.05, 4.69) is 25.9 Å². The SMILES string of the molecule is CCC(N)C(=O)C(=O)NC(=O)CN(C(=O)[C@H](CC1CCCCC1)NC(=O)[C@@H](NC(=O)[C@H](CC(C)C)NC(=O)c1cnccn1)[C@@H](C)CC)S(=O)(=O)c1ccc(F)c(F)c1. The molecule has 0 bridgehead atoms. The molecule has 1 aliphatic rings. The van der Waals surface area contributed by atoms with Crippen LogP contribution in [0.4, 0.5) is 8.78 Å². The molecule has 1 aliphatic carbocycles. The molecule has 5 atom stereocenters. The second-order valence-corrected chi connectivity index (χ2v) is 17.0. The number of amides is 6. The van der Waals surface area contributed by atoms with Crippen LogP contribution in [0.1, 0.15) is 103 Å². The number of benzene rings is 1. The van der Waals surface area contributed by atoms with E-state index in [1.807, 2.05) is 13.8 Å². The van der Waals surface area contributed by atoms with Crippen molar-refractivity contribution in [2.45, 2.75) is 121 Å². The monoisotopic (exact) mass is 848 g/mol. The van der Waals surface area contributed by atoms with Gasteiger partial charge in [0.1, 0.15) is 30.4 Å². The summed E-state index contributed by atoms with van der Waals surface area (Å²) in [5.74, 6) is -11.6. The van der Waals surface area contributed by atoms with Crippen LogP contribution >= 0.6 is 0 Å². The number of nitrogens with two attached hydrogens (primary N) is 1. The van der Waals surface area contributed by atoms with Crippen LogP contribution in [0.5, 0.6) is 0 Å². The summed E-state index contributed by atoms with van der Waals surface area (Å²) in [6, 6.07) is -3.95. The predicted molar refractivity (Wildman–Crippen MR) is 209 cm³/mol. The van der Waals surface area contributed by atoms with Crippen LogP contribution in [-0.4, -0.2) is 94.6 Å². The van der Waals surface area contributed by atoms with Gasteiger partial charge in [0, 0.05) is 12.4 Å².